The summed E-state index contributed by atoms with van der Waals surface area (Å²) in [5, 5.41) is 9.20. The van der Waals surface area contributed by atoms with Crippen molar-refractivity contribution in [3.05, 3.63) is 63.3 Å². The van der Waals surface area contributed by atoms with E-state index in [9.17, 15) is 4.79 Å². The quantitative estimate of drug-likeness (QED) is 0.677. The molecule has 0 spiro atoms. The predicted molar refractivity (Wildman–Crippen MR) is 119 cm³/mol. The summed E-state index contributed by atoms with van der Waals surface area (Å²) in [5.41, 5.74) is 5.97. The number of nitrogens with one attached hydrogen (secondary N) is 1. The lowest BCUT2D eigenvalue weighted by Crippen LogP contribution is -2.35. The zero-order chi connectivity index (χ0) is 21.3. The smallest absolute Gasteiger partial charge is 0.272 e. The Morgan fingerprint density at radius 2 is 1.90 bits per heavy atom. The fourth-order valence-electron chi connectivity index (χ4n) is 4.12. The van der Waals surface area contributed by atoms with Crippen LogP contribution in [0.3, 0.4) is 0 Å². The van der Waals surface area contributed by atoms with Crippen molar-refractivity contribution in [2.45, 2.75) is 26.9 Å². The molecule has 30 heavy (non-hydrogen) atoms. The van der Waals surface area contributed by atoms with Crippen LogP contribution in [0, 0.1) is 13.8 Å². The topological polar surface area (TPSA) is 59.4 Å². The largest absolute Gasteiger partial charge is 0.379 e. The van der Waals surface area contributed by atoms with Gasteiger partial charge in [0.1, 0.15) is 0 Å². The van der Waals surface area contributed by atoms with Crippen LogP contribution in [0.2, 0.25) is 5.02 Å². The molecule has 0 saturated carbocycles. The third-order valence-electron chi connectivity index (χ3n) is 5.75. The molecule has 1 fully saturated rings. The molecular weight excluding hydrogens is 400 g/mol. The first-order valence-corrected chi connectivity index (χ1v) is 10.6. The van der Waals surface area contributed by atoms with Crippen LogP contribution in [0.15, 0.2) is 30.3 Å². The van der Waals surface area contributed by atoms with Crippen LogP contribution in [0.5, 0.6) is 0 Å². The highest BCUT2D eigenvalue weighted by Gasteiger charge is 2.22. The molecule has 4 rings (SSSR count). The first-order chi connectivity index (χ1) is 14.4. The number of aryl methyl sites for hydroxylation is 3. The van der Waals surface area contributed by atoms with Crippen molar-refractivity contribution in [1.29, 1.82) is 0 Å². The Balaban J connectivity index is 1.63. The minimum absolute atomic E-state index is 0.165. The molecule has 0 atom stereocenters. The van der Waals surface area contributed by atoms with Crippen molar-refractivity contribution in [2.75, 3.05) is 26.3 Å². The summed E-state index contributed by atoms with van der Waals surface area (Å²) in [6.07, 6.45) is 0. The maximum absolute atomic E-state index is 13.0. The van der Waals surface area contributed by atoms with Crippen molar-refractivity contribution in [3.63, 3.8) is 0 Å². The highest BCUT2D eigenvalue weighted by molar-refractivity contribution is 6.30. The molecule has 1 aromatic heterocycles. The first kappa shape index (κ1) is 20.8. The average Bonchev–Trinajstić information content (AvgIpc) is 3.10. The van der Waals surface area contributed by atoms with Gasteiger partial charge in [-0.05, 0) is 48.2 Å². The monoisotopic (exact) mass is 426 g/mol. The number of amides is 1. The third-order valence-corrected chi connectivity index (χ3v) is 6.00. The van der Waals surface area contributed by atoms with E-state index in [4.69, 9.17) is 16.3 Å². The van der Waals surface area contributed by atoms with Gasteiger partial charge >= 0.3 is 0 Å². The van der Waals surface area contributed by atoms with Gasteiger partial charge in [-0.15, -0.1) is 0 Å². The van der Waals surface area contributed by atoms with Gasteiger partial charge in [0.2, 0.25) is 0 Å². The molecule has 7 heteroatoms. The standard InChI is InChI=1S/C23H27ClN4O2/c1-15-12-18(14-28-8-10-30-11-9-28)16(2)20-21(26-27(3)22(15)20)23(29)25-13-17-4-6-19(24)7-5-17/h4-7,12H,8-11,13-14H2,1-3H3,(H,25,29). The number of rotatable bonds is 5. The molecule has 3 aromatic rings. The van der Waals surface area contributed by atoms with E-state index in [0.29, 0.717) is 17.3 Å². The second-order valence-corrected chi connectivity index (χ2v) is 8.31. The zero-order valence-electron chi connectivity index (χ0n) is 17.7. The Kier molecular flexibility index (Phi) is 6.09. The van der Waals surface area contributed by atoms with Crippen LogP contribution in [0.25, 0.3) is 10.9 Å². The van der Waals surface area contributed by atoms with E-state index in [1.54, 1.807) is 0 Å². The Morgan fingerprint density at radius 1 is 1.20 bits per heavy atom. The molecule has 2 heterocycles. The molecule has 158 valence electrons. The normalized spacial score (nSPS) is 14.9. The third kappa shape index (κ3) is 4.21. The van der Waals surface area contributed by atoms with E-state index < -0.39 is 0 Å². The van der Waals surface area contributed by atoms with E-state index in [2.05, 4.69) is 35.2 Å². The summed E-state index contributed by atoms with van der Waals surface area (Å²) in [6, 6.07) is 9.70. The molecule has 0 aliphatic carbocycles. The van der Waals surface area contributed by atoms with Gasteiger partial charge < -0.3 is 10.1 Å². The molecular formula is C23H27ClN4O2. The Hall–Kier alpha value is -2.41. The molecule has 0 bridgehead atoms. The molecule has 0 unspecified atom stereocenters. The molecule has 1 aliphatic rings. The van der Waals surface area contributed by atoms with Crippen LogP contribution < -0.4 is 5.32 Å². The second kappa shape index (κ2) is 8.76. The highest BCUT2D eigenvalue weighted by atomic mass is 35.5. The molecule has 1 saturated heterocycles. The number of ether oxygens (including phenoxy) is 1. The Bertz CT molecular complexity index is 1070. The van der Waals surface area contributed by atoms with Gasteiger partial charge in [-0.1, -0.05) is 29.8 Å². The number of halogens is 1. The van der Waals surface area contributed by atoms with Gasteiger partial charge in [0, 0.05) is 43.6 Å². The highest BCUT2D eigenvalue weighted by Crippen LogP contribution is 2.29. The SMILES string of the molecule is Cc1c(CN2CCOCC2)cc(C)c2c1c(C(=O)NCc1ccc(Cl)cc1)nn2C. The lowest BCUT2D eigenvalue weighted by Gasteiger charge is -2.27. The van der Waals surface area contributed by atoms with Crippen molar-refractivity contribution in [2.24, 2.45) is 7.05 Å². The minimum Gasteiger partial charge on any atom is -0.379 e. The summed E-state index contributed by atoms with van der Waals surface area (Å²) < 4.78 is 7.28. The molecule has 2 aromatic carbocycles. The van der Waals surface area contributed by atoms with Gasteiger partial charge in [0.05, 0.1) is 18.7 Å². The maximum atomic E-state index is 13.0. The van der Waals surface area contributed by atoms with Crippen molar-refractivity contribution >= 4 is 28.4 Å². The van der Waals surface area contributed by atoms with Crippen LogP contribution in [0.1, 0.15) is 32.7 Å². The fraction of sp³-hybridized carbons (Fsp3) is 0.391. The van der Waals surface area contributed by atoms with Crippen LogP contribution >= 0.6 is 11.6 Å². The fourth-order valence-corrected chi connectivity index (χ4v) is 4.25. The van der Waals surface area contributed by atoms with E-state index in [0.717, 1.165) is 60.4 Å². The van der Waals surface area contributed by atoms with Gasteiger partial charge in [0.15, 0.2) is 5.69 Å². The van der Waals surface area contributed by atoms with Crippen molar-refractivity contribution < 1.29 is 9.53 Å². The van der Waals surface area contributed by atoms with E-state index in [1.807, 2.05) is 36.0 Å². The van der Waals surface area contributed by atoms with E-state index in [1.165, 1.54) is 5.56 Å². The van der Waals surface area contributed by atoms with Gasteiger partial charge in [0.25, 0.3) is 5.91 Å². The number of nitrogens with zero attached hydrogens (tertiary/aromatic N) is 3. The lowest BCUT2D eigenvalue weighted by molar-refractivity contribution is 0.0341. The Morgan fingerprint density at radius 3 is 2.60 bits per heavy atom. The number of morpholine rings is 1. The van der Waals surface area contributed by atoms with Crippen LogP contribution in [-0.4, -0.2) is 46.9 Å². The number of aromatic nitrogens is 2. The van der Waals surface area contributed by atoms with Gasteiger partial charge in [-0.2, -0.15) is 5.10 Å². The maximum Gasteiger partial charge on any atom is 0.272 e. The number of hydrogen-bond donors (Lipinski definition) is 1. The summed E-state index contributed by atoms with van der Waals surface area (Å²) >= 11 is 5.94. The summed E-state index contributed by atoms with van der Waals surface area (Å²) in [5.74, 6) is -0.165. The average molecular weight is 427 g/mol. The van der Waals surface area contributed by atoms with E-state index >= 15 is 0 Å². The molecule has 0 radical (unpaired) electrons. The second-order valence-electron chi connectivity index (χ2n) is 7.87. The van der Waals surface area contributed by atoms with Crippen LogP contribution in [0.4, 0.5) is 0 Å². The number of carbonyl (C=O) groups excluding carboxylic acids is 1. The Labute approximate surface area is 181 Å². The number of benzene rings is 2. The summed E-state index contributed by atoms with van der Waals surface area (Å²) in [6.45, 7) is 8.86. The number of fused-ring (bicyclic) bond motifs is 1. The van der Waals surface area contributed by atoms with Gasteiger partial charge in [-0.25, -0.2) is 0 Å². The van der Waals surface area contributed by atoms with Gasteiger partial charge in [-0.3, -0.25) is 14.4 Å². The van der Waals surface area contributed by atoms with Crippen molar-refractivity contribution in [1.82, 2.24) is 20.0 Å². The summed E-state index contributed by atoms with van der Waals surface area (Å²) in [4.78, 5) is 15.4. The number of carbonyl (C=O) groups is 1. The molecule has 6 nitrogen and oxygen atoms in total. The zero-order valence-corrected chi connectivity index (χ0v) is 18.4. The lowest BCUT2D eigenvalue weighted by atomic mass is 9.98. The molecule has 1 N–H and O–H groups in total. The first-order valence-electron chi connectivity index (χ1n) is 10.2. The van der Waals surface area contributed by atoms with Crippen LogP contribution in [-0.2, 0) is 24.9 Å². The number of hydrogen-bond acceptors (Lipinski definition) is 4. The van der Waals surface area contributed by atoms with E-state index in [-0.39, 0.29) is 5.91 Å². The molecule has 1 aliphatic heterocycles. The van der Waals surface area contributed by atoms with Crippen molar-refractivity contribution in [3.8, 4) is 0 Å². The minimum atomic E-state index is -0.165. The summed E-state index contributed by atoms with van der Waals surface area (Å²) in [7, 11) is 1.90. The predicted octanol–water partition coefficient (Wildman–Crippen LogP) is 3.61. The molecule has 1 amide bonds.